The molecule has 0 saturated heterocycles. The Kier molecular flexibility index (Phi) is 4.95. The molecule has 0 bridgehead atoms. The minimum Gasteiger partial charge on any atom is -0.497 e. The van der Waals surface area contributed by atoms with Gasteiger partial charge in [-0.1, -0.05) is 6.07 Å². The molecule has 0 fully saturated rings. The summed E-state index contributed by atoms with van der Waals surface area (Å²) in [6.45, 7) is 0. The SMILES string of the molecule is COc1cccc(Nc2n[nH]c3c2Cc2cc(OC)c(OC)cc2-3)c1.Cl. The fourth-order valence-corrected chi connectivity index (χ4v) is 3.19. The number of benzene rings is 2. The van der Waals surface area contributed by atoms with Crippen LogP contribution in [0.3, 0.4) is 0 Å². The highest BCUT2D eigenvalue weighted by Crippen LogP contribution is 2.44. The number of nitrogens with one attached hydrogen (secondary N) is 2. The van der Waals surface area contributed by atoms with Gasteiger partial charge in [-0.05, 0) is 29.8 Å². The van der Waals surface area contributed by atoms with E-state index in [9.17, 15) is 0 Å². The van der Waals surface area contributed by atoms with Gasteiger partial charge in [0.1, 0.15) is 5.75 Å². The van der Waals surface area contributed by atoms with Crippen LogP contribution in [-0.2, 0) is 6.42 Å². The van der Waals surface area contributed by atoms with E-state index in [0.717, 1.165) is 46.2 Å². The lowest BCUT2D eigenvalue weighted by molar-refractivity contribution is 0.355. The molecule has 136 valence electrons. The van der Waals surface area contributed by atoms with Gasteiger partial charge in [-0.3, -0.25) is 5.10 Å². The number of halogens is 1. The van der Waals surface area contributed by atoms with Crippen molar-refractivity contribution in [1.29, 1.82) is 0 Å². The van der Waals surface area contributed by atoms with E-state index in [4.69, 9.17) is 14.2 Å². The van der Waals surface area contributed by atoms with Gasteiger partial charge in [-0.25, -0.2) is 0 Å². The Morgan fingerprint density at radius 3 is 2.50 bits per heavy atom. The second-order valence-corrected chi connectivity index (χ2v) is 5.82. The quantitative estimate of drug-likeness (QED) is 0.549. The van der Waals surface area contributed by atoms with Crippen LogP contribution < -0.4 is 19.5 Å². The molecule has 2 aromatic carbocycles. The molecule has 0 amide bonds. The van der Waals surface area contributed by atoms with Crippen LogP contribution in [0.2, 0.25) is 0 Å². The molecule has 3 aromatic rings. The Balaban J connectivity index is 0.00000196. The van der Waals surface area contributed by atoms with Gasteiger partial charge in [-0.2, -0.15) is 5.10 Å². The van der Waals surface area contributed by atoms with Crippen LogP contribution in [0.4, 0.5) is 11.5 Å². The summed E-state index contributed by atoms with van der Waals surface area (Å²) >= 11 is 0. The van der Waals surface area contributed by atoms with Gasteiger partial charge in [0, 0.05) is 29.3 Å². The molecule has 7 heteroatoms. The number of anilines is 2. The average molecular weight is 374 g/mol. The van der Waals surface area contributed by atoms with Crippen LogP contribution in [-0.4, -0.2) is 31.5 Å². The van der Waals surface area contributed by atoms with Gasteiger partial charge >= 0.3 is 0 Å². The molecule has 0 saturated carbocycles. The Hall–Kier alpha value is -2.86. The van der Waals surface area contributed by atoms with Gasteiger partial charge in [0.2, 0.25) is 0 Å². The zero-order valence-electron chi connectivity index (χ0n) is 14.8. The maximum Gasteiger partial charge on any atom is 0.161 e. The summed E-state index contributed by atoms with van der Waals surface area (Å²) in [6.07, 6.45) is 0.786. The molecule has 1 aliphatic rings. The van der Waals surface area contributed by atoms with Gasteiger partial charge in [0.05, 0.1) is 27.0 Å². The van der Waals surface area contributed by atoms with E-state index >= 15 is 0 Å². The third kappa shape index (κ3) is 2.93. The number of rotatable bonds is 5. The predicted molar refractivity (Wildman–Crippen MR) is 103 cm³/mol. The number of aromatic amines is 1. The summed E-state index contributed by atoms with van der Waals surface area (Å²) in [5.41, 5.74) is 5.36. The molecule has 1 heterocycles. The first-order chi connectivity index (χ1) is 12.2. The number of aromatic nitrogens is 2. The standard InChI is InChI=1S/C19H19N3O3.ClH/c1-23-13-6-4-5-12(9-13)20-19-15-7-11-8-16(24-2)17(25-3)10-14(11)18(15)21-22-19;/h4-6,8-10H,7H2,1-3H3,(H2,20,21,22);1H. The molecule has 0 aliphatic heterocycles. The first kappa shape index (κ1) is 17.9. The molecule has 4 rings (SSSR count). The highest BCUT2D eigenvalue weighted by atomic mass is 35.5. The highest BCUT2D eigenvalue weighted by Gasteiger charge is 2.26. The molecule has 0 spiro atoms. The monoisotopic (exact) mass is 373 g/mol. The molecule has 26 heavy (non-hydrogen) atoms. The number of nitrogens with zero attached hydrogens (tertiary/aromatic N) is 1. The van der Waals surface area contributed by atoms with Crippen molar-refractivity contribution >= 4 is 23.9 Å². The molecule has 0 radical (unpaired) electrons. The first-order valence-corrected chi connectivity index (χ1v) is 7.97. The Bertz CT molecular complexity index is 940. The molecule has 0 atom stereocenters. The van der Waals surface area contributed by atoms with Crippen LogP contribution in [0.15, 0.2) is 36.4 Å². The van der Waals surface area contributed by atoms with Crippen molar-refractivity contribution in [3.63, 3.8) is 0 Å². The minimum atomic E-state index is 0. The van der Waals surface area contributed by atoms with E-state index < -0.39 is 0 Å². The van der Waals surface area contributed by atoms with Crippen LogP contribution in [0.1, 0.15) is 11.1 Å². The van der Waals surface area contributed by atoms with Crippen molar-refractivity contribution in [1.82, 2.24) is 10.2 Å². The van der Waals surface area contributed by atoms with Crippen LogP contribution in [0.5, 0.6) is 17.2 Å². The smallest absolute Gasteiger partial charge is 0.161 e. The summed E-state index contributed by atoms with van der Waals surface area (Å²) in [4.78, 5) is 0. The lowest BCUT2D eigenvalue weighted by Gasteiger charge is -2.10. The molecule has 1 aliphatic carbocycles. The van der Waals surface area contributed by atoms with Crippen molar-refractivity contribution in [3.8, 4) is 28.5 Å². The highest BCUT2D eigenvalue weighted by molar-refractivity contribution is 5.85. The van der Waals surface area contributed by atoms with E-state index in [2.05, 4.69) is 15.5 Å². The number of ether oxygens (including phenoxy) is 3. The molecular formula is C19H20ClN3O3. The predicted octanol–water partition coefficient (Wildman–Crippen LogP) is 4.17. The van der Waals surface area contributed by atoms with E-state index in [0.29, 0.717) is 5.75 Å². The number of H-pyrrole nitrogens is 1. The maximum atomic E-state index is 5.42. The summed E-state index contributed by atoms with van der Waals surface area (Å²) in [7, 11) is 4.95. The van der Waals surface area contributed by atoms with Crippen molar-refractivity contribution < 1.29 is 14.2 Å². The van der Waals surface area contributed by atoms with Gasteiger partial charge in [0.15, 0.2) is 17.3 Å². The Morgan fingerprint density at radius 1 is 1.00 bits per heavy atom. The largest absolute Gasteiger partial charge is 0.497 e. The van der Waals surface area contributed by atoms with Crippen molar-refractivity contribution in [2.24, 2.45) is 0 Å². The summed E-state index contributed by atoms with van der Waals surface area (Å²) in [6, 6.07) is 11.8. The maximum absolute atomic E-state index is 5.42. The fraction of sp³-hybridized carbons (Fsp3) is 0.211. The number of fused-ring (bicyclic) bond motifs is 3. The number of hydrogen-bond acceptors (Lipinski definition) is 5. The normalized spacial score (nSPS) is 11.2. The number of hydrogen-bond donors (Lipinski definition) is 2. The van der Waals surface area contributed by atoms with Crippen LogP contribution in [0.25, 0.3) is 11.3 Å². The second kappa shape index (κ2) is 7.17. The second-order valence-electron chi connectivity index (χ2n) is 5.82. The zero-order chi connectivity index (χ0) is 17.4. The third-order valence-corrected chi connectivity index (χ3v) is 4.45. The molecule has 1 aromatic heterocycles. The van der Waals surface area contributed by atoms with Crippen molar-refractivity contribution in [3.05, 3.63) is 47.5 Å². The van der Waals surface area contributed by atoms with Gasteiger partial charge in [0.25, 0.3) is 0 Å². The van der Waals surface area contributed by atoms with Crippen molar-refractivity contribution in [2.45, 2.75) is 6.42 Å². The van der Waals surface area contributed by atoms with E-state index in [1.165, 1.54) is 5.56 Å². The zero-order valence-corrected chi connectivity index (χ0v) is 15.6. The lowest BCUT2D eigenvalue weighted by atomic mass is 10.1. The summed E-state index contributed by atoms with van der Waals surface area (Å²) < 4.78 is 16.1. The Labute approximate surface area is 157 Å². The van der Waals surface area contributed by atoms with Gasteiger partial charge < -0.3 is 19.5 Å². The summed E-state index contributed by atoms with van der Waals surface area (Å²) in [5, 5.41) is 10.9. The average Bonchev–Trinajstić information content (AvgIpc) is 3.20. The Morgan fingerprint density at radius 2 is 1.77 bits per heavy atom. The van der Waals surface area contributed by atoms with Crippen LogP contribution in [0, 0.1) is 0 Å². The topological polar surface area (TPSA) is 68.4 Å². The van der Waals surface area contributed by atoms with E-state index in [1.807, 2.05) is 36.4 Å². The minimum absolute atomic E-state index is 0. The fourth-order valence-electron chi connectivity index (χ4n) is 3.19. The lowest BCUT2D eigenvalue weighted by Crippen LogP contribution is -1.96. The van der Waals surface area contributed by atoms with Gasteiger partial charge in [-0.15, -0.1) is 12.4 Å². The third-order valence-electron chi connectivity index (χ3n) is 4.45. The van der Waals surface area contributed by atoms with E-state index in [-0.39, 0.29) is 12.4 Å². The molecule has 6 nitrogen and oxygen atoms in total. The number of methoxy groups -OCH3 is 3. The molecule has 2 N–H and O–H groups in total. The van der Waals surface area contributed by atoms with Crippen LogP contribution >= 0.6 is 12.4 Å². The molecular weight excluding hydrogens is 354 g/mol. The molecule has 0 unspecified atom stereocenters. The summed E-state index contributed by atoms with van der Waals surface area (Å²) in [5.74, 6) is 3.07. The first-order valence-electron chi connectivity index (χ1n) is 7.97. The van der Waals surface area contributed by atoms with Crippen molar-refractivity contribution in [2.75, 3.05) is 26.6 Å². The van der Waals surface area contributed by atoms with E-state index in [1.54, 1.807) is 21.3 Å².